The van der Waals surface area contributed by atoms with Crippen LogP contribution in [0.2, 0.25) is 20.1 Å². The van der Waals surface area contributed by atoms with E-state index in [0.717, 1.165) is 28.1 Å². The van der Waals surface area contributed by atoms with Crippen molar-refractivity contribution in [1.82, 2.24) is 24.2 Å². The number of nitro groups is 2. The molecule has 0 spiro atoms. The van der Waals surface area contributed by atoms with Gasteiger partial charge in [0.05, 0.1) is 36.5 Å². The molecule has 0 saturated heterocycles. The summed E-state index contributed by atoms with van der Waals surface area (Å²) in [6, 6.07) is 12.3. The summed E-state index contributed by atoms with van der Waals surface area (Å²) in [6.07, 6.45) is 3.58. The molecule has 3 aromatic heterocycles. The fourth-order valence-corrected chi connectivity index (χ4v) is 4.92. The molecule has 286 valence electrons. The molecular weight excluding hydrogens is 782 g/mol. The first kappa shape index (κ1) is 42.7. The van der Waals surface area contributed by atoms with Crippen molar-refractivity contribution in [3.8, 4) is 0 Å². The van der Waals surface area contributed by atoms with Crippen molar-refractivity contribution in [3.63, 3.8) is 0 Å². The number of hydrogen-bond donors (Lipinski definition) is 2. The number of halogens is 4. The van der Waals surface area contributed by atoms with E-state index in [1.807, 2.05) is 20.8 Å². The van der Waals surface area contributed by atoms with Crippen molar-refractivity contribution in [3.05, 3.63) is 135 Å². The SMILES string of the molecule is CCOC(OCC)OCC.Nn1cc([N+](=O)[O-])cc1C(=O)NCc1ccc(Cl)c(Cl)c1.O=c1c2cc([N+](=O)[O-])cn2ncn1Cc1ccc(Cl)c(Cl)c1.[2HH]. The molecule has 5 aromatic rings. The quantitative estimate of drug-likeness (QED) is 0.0550. The van der Waals surface area contributed by atoms with Crippen molar-refractivity contribution >= 4 is 69.2 Å². The van der Waals surface area contributed by atoms with E-state index in [1.54, 1.807) is 36.4 Å². The normalized spacial score (nSPS) is 10.7. The summed E-state index contributed by atoms with van der Waals surface area (Å²) >= 11 is 23.4. The zero-order valence-corrected chi connectivity index (χ0v) is 31.4. The number of nitrogen functional groups attached to an aromatic ring is 1. The van der Waals surface area contributed by atoms with Gasteiger partial charge in [0.2, 0.25) is 0 Å². The predicted molar refractivity (Wildman–Crippen MR) is 201 cm³/mol. The standard InChI is InChI=1S/C13H8Cl2N4O3.C12H10Cl2N4O3.C7H16O3.H2/c14-10-2-1-8(3-11(10)15)5-17-7-16-18-6-9(19(21)22)4-12(18)13(17)20;13-9-2-1-7(3-10(9)14)5-16-12(19)11-4-8(18(20)21)6-17(11)15;1-4-8-7(9-5-2)10-6-3;/h1-4,6-7H,5H2;1-4,6H,5,15H2,(H,16,19);7H,4-6H2,1-3H3;1H/i;;;1+1. The summed E-state index contributed by atoms with van der Waals surface area (Å²) in [5, 5.41) is 29.6. The number of benzene rings is 2. The molecule has 2 aromatic carbocycles. The van der Waals surface area contributed by atoms with Crippen molar-refractivity contribution in [2.75, 3.05) is 25.7 Å². The van der Waals surface area contributed by atoms with Gasteiger partial charge >= 0.3 is 0 Å². The van der Waals surface area contributed by atoms with Gasteiger partial charge in [0, 0.05) is 39.9 Å². The van der Waals surface area contributed by atoms with Gasteiger partial charge in [0.25, 0.3) is 29.3 Å². The lowest BCUT2D eigenvalue weighted by Gasteiger charge is -2.15. The number of amides is 1. The summed E-state index contributed by atoms with van der Waals surface area (Å²) < 4.78 is 18.7. The third-order valence-corrected chi connectivity index (χ3v) is 8.23. The summed E-state index contributed by atoms with van der Waals surface area (Å²) in [4.78, 5) is 44.4. The fraction of sp³-hybridized carbons (Fsp3) is 0.281. The van der Waals surface area contributed by atoms with E-state index in [2.05, 4.69) is 10.4 Å². The van der Waals surface area contributed by atoms with E-state index in [1.165, 1.54) is 27.7 Å². The van der Waals surface area contributed by atoms with Crippen molar-refractivity contribution in [1.29, 1.82) is 0 Å². The number of nitrogens with two attached hydrogens (primary N) is 1. The molecule has 0 radical (unpaired) electrons. The van der Waals surface area contributed by atoms with Crippen molar-refractivity contribution in [2.45, 2.75) is 40.3 Å². The second kappa shape index (κ2) is 20.5. The number of hydrogen-bond acceptors (Lipinski definition) is 11. The maximum absolute atomic E-state index is 12.3. The average Bonchev–Trinajstić information content (AvgIpc) is 3.74. The number of carbonyl (C=O) groups is 1. The number of carbonyl (C=O) groups excluding carboxylic acids is 1. The van der Waals surface area contributed by atoms with Gasteiger partial charge in [-0.05, 0) is 56.2 Å². The molecule has 0 atom stereocenters. The Morgan fingerprint density at radius 2 is 1.38 bits per heavy atom. The zero-order valence-electron chi connectivity index (χ0n) is 28.4. The van der Waals surface area contributed by atoms with Gasteiger partial charge in [0.15, 0.2) is 0 Å². The van der Waals surface area contributed by atoms with Gasteiger partial charge in [0.1, 0.15) is 29.9 Å². The van der Waals surface area contributed by atoms with Crippen LogP contribution in [0.5, 0.6) is 0 Å². The largest absolute Gasteiger partial charge is 0.347 e. The van der Waals surface area contributed by atoms with E-state index in [-0.39, 0.29) is 42.7 Å². The lowest BCUT2D eigenvalue weighted by molar-refractivity contribution is -0.384. The lowest BCUT2D eigenvalue weighted by atomic mass is 10.2. The van der Waals surface area contributed by atoms with Crippen LogP contribution in [0.15, 0.2) is 72.0 Å². The molecule has 3 N–H and O–H groups in total. The highest BCUT2D eigenvalue weighted by Gasteiger charge is 2.18. The number of nitrogens with zero attached hydrogens (tertiary/aromatic N) is 6. The van der Waals surface area contributed by atoms with Crippen LogP contribution in [0.25, 0.3) is 5.52 Å². The van der Waals surface area contributed by atoms with Crippen molar-refractivity contribution < 1.29 is 30.3 Å². The minimum atomic E-state index is -0.626. The third kappa shape index (κ3) is 12.4. The van der Waals surface area contributed by atoms with E-state index < -0.39 is 22.2 Å². The first-order valence-corrected chi connectivity index (χ1v) is 17.0. The Morgan fingerprint density at radius 3 is 1.89 bits per heavy atom. The van der Waals surface area contributed by atoms with Crippen LogP contribution in [-0.4, -0.2) is 60.9 Å². The number of fused-ring (bicyclic) bond motifs is 1. The molecule has 0 saturated carbocycles. The molecule has 17 nitrogen and oxygen atoms in total. The highest BCUT2D eigenvalue weighted by molar-refractivity contribution is 6.42. The Balaban J connectivity index is 0.000000297. The summed E-state index contributed by atoms with van der Waals surface area (Å²) in [6.45, 7) is 7.52. The van der Waals surface area contributed by atoms with Gasteiger partial charge in [-0.2, -0.15) is 5.10 Å². The van der Waals surface area contributed by atoms with Crippen LogP contribution in [-0.2, 0) is 27.3 Å². The Labute approximate surface area is 323 Å². The molecule has 21 heteroatoms. The molecule has 5 rings (SSSR count). The Kier molecular flexibility index (Phi) is 16.5. The van der Waals surface area contributed by atoms with Crippen LogP contribution >= 0.6 is 46.4 Å². The summed E-state index contributed by atoms with van der Waals surface area (Å²) in [7, 11) is 0. The maximum atomic E-state index is 12.3. The smallest absolute Gasteiger partial charge is 0.289 e. The van der Waals surface area contributed by atoms with Crippen LogP contribution < -0.4 is 16.7 Å². The predicted octanol–water partition coefficient (Wildman–Crippen LogP) is 6.73. The van der Waals surface area contributed by atoms with Crippen molar-refractivity contribution in [2.24, 2.45) is 0 Å². The number of nitrogens with one attached hydrogen (secondary N) is 1. The molecule has 0 fully saturated rings. The number of rotatable bonds is 13. The molecule has 0 bridgehead atoms. The maximum Gasteiger partial charge on any atom is 0.289 e. The molecule has 0 aliphatic rings. The molecule has 0 aliphatic carbocycles. The first-order valence-electron chi connectivity index (χ1n) is 15.5. The van der Waals surface area contributed by atoms with E-state index >= 15 is 0 Å². The number of aromatic nitrogens is 4. The van der Waals surface area contributed by atoms with E-state index in [9.17, 15) is 29.8 Å². The fourth-order valence-electron chi connectivity index (χ4n) is 4.28. The highest BCUT2D eigenvalue weighted by Crippen LogP contribution is 2.24. The molecule has 3 heterocycles. The third-order valence-electron chi connectivity index (χ3n) is 6.75. The molecular formula is C32H36Cl4N8O9. The average molecular weight is 820 g/mol. The monoisotopic (exact) mass is 817 g/mol. The van der Waals surface area contributed by atoms with Crippen LogP contribution in [0.4, 0.5) is 11.4 Å². The Morgan fingerprint density at radius 1 is 0.849 bits per heavy atom. The number of ether oxygens (including phenoxy) is 3. The zero-order chi connectivity index (χ0) is 39.2. The minimum Gasteiger partial charge on any atom is -0.347 e. The molecule has 1 amide bonds. The minimum absolute atomic E-state index is 0. The second-order valence-corrected chi connectivity index (χ2v) is 12.1. The lowest BCUT2D eigenvalue weighted by Crippen LogP contribution is -2.27. The van der Waals surface area contributed by atoms with Gasteiger partial charge in [-0.1, -0.05) is 58.5 Å². The topological polar surface area (TPSA) is 213 Å². The van der Waals surface area contributed by atoms with E-state index in [4.69, 9.17) is 66.5 Å². The second-order valence-electron chi connectivity index (χ2n) is 10.4. The molecule has 0 aliphatic heterocycles. The van der Waals surface area contributed by atoms with Gasteiger partial charge in [-0.3, -0.25) is 39.1 Å². The van der Waals surface area contributed by atoms with Gasteiger partial charge < -0.3 is 25.4 Å². The van der Waals surface area contributed by atoms with Crippen LogP contribution in [0.3, 0.4) is 0 Å². The summed E-state index contributed by atoms with van der Waals surface area (Å²) in [5.41, 5.74) is 0.811. The van der Waals surface area contributed by atoms with E-state index in [0.29, 0.717) is 39.9 Å². The first-order chi connectivity index (χ1) is 25.2. The van der Waals surface area contributed by atoms with Gasteiger partial charge in [-0.15, -0.1) is 0 Å². The van der Waals surface area contributed by atoms with Gasteiger partial charge in [-0.25, -0.2) is 4.52 Å². The molecule has 0 unspecified atom stereocenters. The Hall–Kier alpha value is -4.75. The molecule has 53 heavy (non-hydrogen) atoms. The highest BCUT2D eigenvalue weighted by atomic mass is 35.5. The summed E-state index contributed by atoms with van der Waals surface area (Å²) in [5.74, 6) is 4.97. The van der Waals surface area contributed by atoms with Crippen LogP contribution in [0, 0.1) is 20.2 Å². The van der Waals surface area contributed by atoms with Crippen LogP contribution in [0.1, 0.15) is 43.8 Å². The Bertz CT molecular complexity index is 2100.